The highest BCUT2D eigenvalue weighted by molar-refractivity contribution is 5.92. The van der Waals surface area contributed by atoms with E-state index in [-0.39, 0.29) is 49.6 Å². The molecule has 1 aliphatic rings. The Bertz CT molecular complexity index is 1110. The number of amides is 1. The van der Waals surface area contributed by atoms with E-state index in [2.05, 4.69) is 30.2 Å². The molecule has 4 rings (SSSR count). The fourth-order valence-electron chi connectivity index (χ4n) is 3.33. The lowest BCUT2D eigenvalue weighted by Crippen LogP contribution is -2.41. The summed E-state index contributed by atoms with van der Waals surface area (Å²) < 4.78 is 45.7. The van der Waals surface area contributed by atoms with Gasteiger partial charge in [-0.1, -0.05) is 16.7 Å². The van der Waals surface area contributed by atoms with Crippen LogP contribution in [0, 0.1) is 6.92 Å². The first-order chi connectivity index (χ1) is 15.8. The largest absolute Gasteiger partial charge is 0.447 e. The molecule has 1 aliphatic heterocycles. The van der Waals surface area contributed by atoms with Crippen LogP contribution in [0.5, 0.6) is 6.08 Å². The maximum absolute atomic E-state index is 12.6. The van der Waals surface area contributed by atoms with E-state index in [9.17, 15) is 13.6 Å². The summed E-state index contributed by atoms with van der Waals surface area (Å²) >= 11 is 0. The summed E-state index contributed by atoms with van der Waals surface area (Å²) in [5.41, 5.74) is 1.79. The predicted molar refractivity (Wildman–Crippen MR) is 110 cm³/mol. The second kappa shape index (κ2) is 9.71. The summed E-state index contributed by atoms with van der Waals surface area (Å²) in [5, 5.41) is 11.3. The molecule has 10 nitrogen and oxygen atoms in total. The lowest BCUT2D eigenvalue weighted by Gasteiger charge is -2.27. The molecule has 33 heavy (non-hydrogen) atoms. The van der Waals surface area contributed by atoms with Crippen LogP contribution in [0.15, 0.2) is 28.8 Å². The van der Waals surface area contributed by atoms with Crippen LogP contribution in [-0.2, 0) is 9.47 Å². The van der Waals surface area contributed by atoms with Gasteiger partial charge in [-0.15, -0.1) is 5.10 Å². The van der Waals surface area contributed by atoms with Crippen molar-refractivity contribution >= 4 is 16.8 Å². The third kappa shape index (κ3) is 6.17. The summed E-state index contributed by atoms with van der Waals surface area (Å²) in [7, 11) is 0. The second-order valence-electron chi connectivity index (χ2n) is 7.74. The molecule has 1 amide bonds. The van der Waals surface area contributed by atoms with Gasteiger partial charge < -0.3 is 23.9 Å². The third-order valence-electron chi connectivity index (χ3n) is 4.91. The van der Waals surface area contributed by atoms with Crippen LogP contribution < -0.4 is 10.1 Å². The second-order valence-corrected chi connectivity index (χ2v) is 7.74. The van der Waals surface area contributed by atoms with Crippen LogP contribution in [0.25, 0.3) is 10.9 Å². The van der Waals surface area contributed by atoms with Crippen molar-refractivity contribution in [2.75, 3.05) is 19.8 Å². The van der Waals surface area contributed by atoms with Gasteiger partial charge in [-0.25, -0.2) is 9.97 Å². The quantitative estimate of drug-likeness (QED) is 0.503. The summed E-state index contributed by atoms with van der Waals surface area (Å²) in [6.45, 7) is 2.36. The minimum absolute atomic E-state index is 0.0944. The summed E-state index contributed by atoms with van der Waals surface area (Å²) in [6, 6.07) is 5.51. The molecule has 2 atom stereocenters. The fourth-order valence-corrected chi connectivity index (χ4v) is 3.33. The number of aromatic nitrogens is 4. The van der Waals surface area contributed by atoms with E-state index in [4.69, 9.17) is 13.9 Å². The highest BCUT2D eigenvalue weighted by Gasteiger charge is 2.29. The summed E-state index contributed by atoms with van der Waals surface area (Å²) in [6.07, 6.45) is -1.08. The molecule has 1 N–H and O–H groups in total. The molecule has 0 saturated carbocycles. The first kappa shape index (κ1) is 22.9. The van der Waals surface area contributed by atoms with Crippen LogP contribution in [0.3, 0.4) is 0 Å². The number of benzene rings is 1. The molecule has 0 spiro atoms. The highest BCUT2D eigenvalue weighted by atomic mass is 19.3. The van der Waals surface area contributed by atoms with Crippen LogP contribution in [0.2, 0.25) is 0 Å². The van der Waals surface area contributed by atoms with Crippen LogP contribution in [-0.4, -0.2) is 58.0 Å². The Morgan fingerprint density at radius 3 is 2.88 bits per heavy atom. The molecule has 2 aromatic heterocycles. The van der Waals surface area contributed by atoms with E-state index in [1.165, 1.54) is 0 Å². The Labute approximate surface area is 187 Å². The average molecular weight is 463 g/mol. The minimum atomic E-state index is -3.23. The summed E-state index contributed by atoms with van der Waals surface area (Å²) in [5.74, 6) is -0.0699. The number of hydrogen-bond acceptors (Lipinski definition) is 9. The zero-order valence-corrected chi connectivity index (χ0v) is 18.1. The zero-order valence-electron chi connectivity index (χ0n) is 18.1. The van der Waals surface area contributed by atoms with Crippen molar-refractivity contribution in [2.45, 2.75) is 44.9 Å². The van der Waals surface area contributed by atoms with Crippen molar-refractivity contribution in [2.24, 2.45) is 0 Å². The number of rotatable bonds is 8. The molecule has 176 valence electrons. The number of carbonyl (C=O) groups excluding carboxylic acids is 1. The van der Waals surface area contributed by atoms with Gasteiger partial charge in [0.2, 0.25) is 11.7 Å². The molecule has 0 bridgehead atoms. The number of fused-ring (bicyclic) bond motifs is 1. The zero-order chi connectivity index (χ0) is 23.4. The maximum Gasteiger partial charge on any atom is 0.414 e. The lowest BCUT2D eigenvalue weighted by molar-refractivity contribution is -0.226. The van der Waals surface area contributed by atoms with Gasteiger partial charge in [-0.3, -0.25) is 4.79 Å². The molecule has 12 heteroatoms. The summed E-state index contributed by atoms with van der Waals surface area (Å²) in [4.78, 5) is 21.0. The molecular formula is C21H23F2N5O5. The van der Waals surface area contributed by atoms with Gasteiger partial charge in [0.25, 0.3) is 5.91 Å². The van der Waals surface area contributed by atoms with E-state index in [1.807, 2.05) is 25.1 Å². The number of ether oxygens (including phenoxy) is 3. The normalized spacial score (nSPS) is 18.9. The van der Waals surface area contributed by atoms with Crippen molar-refractivity contribution in [1.29, 1.82) is 0 Å². The van der Waals surface area contributed by atoms with Crippen LogP contribution in [0.1, 0.15) is 47.9 Å². The van der Waals surface area contributed by atoms with Crippen molar-refractivity contribution < 1.29 is 32.2 Å². The van der Waals surface area contributed by atoms with Crippen LogP contribution in [0.4, 0.5) is 8.78 Å². The van der Waals surface area contributed by atoms with E-state index < -0.39 is 12.2 Å². The average Bonchev–Trinajstić information content (AvgIpc) is 3.25. The Morgan fingerprint density at radius 2 is 2.12 bits per heavy atom. The molecule has 3 heterocycles. The number of hydrogen-bond donors (Lipinski definition) is 1. The standard InChI is InChI=1S/C21H23F2N5O5/c1-12-3-5-15-13(9-12)10-24-17(26-15)18(29)25-14-4-6-16(31-11-14)19-27-28-20(33-19)30-7-8-32-21(2,22)23/h3,5,9-10,14,16H,4,6-8,11H2,1-2H3,(H,25,29)/t14-,16+/m0/s1. The predicted octanol–water partition coefficient (Wildman–Crippen LogP) is 2.98. The van der Waals surface area contributed by atoms with E-state index >= 15 is 0 Å². The molecule has 1 saturated heterocycles. The number of alkyl halides is 2. The molecule has 1 fully saturated rings. The first-order valence-electron chi connectivity index (χ1n) is 10.4. The van der Waals surface area contributed by atoms with Gasteiger partial charge in [-0.05, 0) is 31.9 Å². The van der Waals surface area contributed by atoms with Gasteiger partial charge >= 0.3 is 12.2 Å². The van der Waals surface area contributed by atoms with E-state index in [0.29, 0.717) is 25.3 Å². The minimum Gasteiger partial charge on any atom is -0.447 e. The molecule has 0 radical (unpaired) electrons. The van der Waals surface area contributed by atoms with E-state index in [0.717, 1.165) is 10.9 Å². The SMILES string of the molecule is Cc1ccc2nc(C(=O)N[C@H]3CC[C@H](c4nnc(OCCOC(C)(F)F)o4)OC3)ncc2c1. The smallest absolute Gasteiger partial charge is 0.414 e. The van der Waals surface area contributed by atoms with Crippen LogP contribution >= 0.6 is 0 Å². The molecule has 3 aromatic rings. The van der Waals surface area contributed by atoms with Gasteiger partial charge in [0.15, 0.2) is 0 Å². The lowest BCUT2D eigenvalue weighted by atomic mass is 10.0. The molecule has 1 aromatic carbocycles. The van der Waals surface area contributed by atoms with E-state index in [1.54, 1.807) is 6.20 Å². The Hall–Kier alpha value is -3.25. The van der Waals surface area contributed by atoms with Crippen molar-refractivity contribution in [3.63, 3.8) is 0 Å². The molecule has 0 aliphatic carbocycles. The van der Waals surface area contributed by atoms with Gasteiger partial charge in [0, 0.05) is 18.5 Å². The Morgan fingerprint density at radius 1 is 1.27 bits per heavy atom. The van der Waals surface area contributed by atoms with Gasteiger partial charge in [0.1, 0.15) is 12.7 Å². The Kier molecular flexibility index (Phi) is 6.75. The number of nitrogens with one attached hydrogen (secondary N) is 1. The van der Waals surface area contributed by atoms with Gasteiger partial charge in [-0.2, -0.15) is 8.78 Å². The monoisotopic (exact) mass is 463 g/mol. The molecule has 0 unspecified atom stereocenters. The van der Waals surface area contributed by atoms with Gasteiger partial charge in [0.05, 0.1) is 24.8 Å². The number of nitrogens with zero attached hydrogens (tertiary/aromatic N) is 4. The number of halogens is 2. The number of aryl methyl sites for hydroxylation is 1. The maximum atomic E-state index is 12.6. The molecular weight excluding hydrogens is 440 g/mol. The number of carbonyl (C=O) groups is 1. The topological polar surface area (TPSA) is 121 Å². The fraction of sp³-hybridized carbons (Fsp3) is 0.476. The van der Waals surface area contributed by atoms with Crippen molar-refractivity contribution in [3.05, 3.63) is 41.7 Å². The first-order valence-corrected chi connectivity index (χ1v) is 10.4. The van der Waals surface area contributed by atoms with Crippen molar-refractivity contribution in [1.82, 2.24) is 25.5 Å². The van der Waals surface area contributed by atoms with Crippen molar-refractivity contribution in [3.8, 4) is 6.08 Å². The highest BCUT2D eigenvalue weighted by Crippen LogP contribution is 2.28. The Balaban J connectivity index is 1.25. The third-order valence-corrected chi connectivity index (χ3v) is 4.91.